The topological polar surface area (TPSA) is 64.1 Å². The number of imidazole rings is 1. The van der Waals surface area contributed by atoms with Crippen LogP contribution in [0, 0.1) is 0 Å². The summed E-state index contributed by atoms with van der Waals surface area (Å²) < 4.78 is 8.57. The van der Waals surface area contributed by atoms with E-state index in [1.165, 1.54) is 10.9 Å². The third-order valence-electron chi connectivity index (χ3n) is 11.9. The predicted octanol–water partition coefficient (Wildman–Crippen LogP) is 14.8. The second kappa shape index (κ2) is 14.2. The van der Waals surface area contributed by atoms with E-state index in [4.69, 9.17) is 14.4 Å². The van der Waals surface area contributed by atoms with Gasteiger partial charge in [0, 0.05) is 27.5 Å². The van der Waals surface area contributed by atoms with Crippen LogP contribution in [0.15, 0.2) is 193 Å². The molecule has 0 saturated carbocycles. The highest BCUT2D eigenvalue weighted by atomic mass is 16.3. The van der Waals surface area contributed by atoms with Gasteiger partial charge in [0.1, 0.15) is 17.2 Å². The van der Waals surface area contributed by atoms with E-state index in [0.29, 0.717) is 11.4 Å². The molecule has 11 aromatic rings. The fraction of sp³-hybridized carbons (Fsp3) is 0.0714. The summed E-state index contributed by atoms with van der Waals surface area (Å²) in [5.41, 5.74) is 14.3. The van der Waals surface area contributed by atoms with Gasteiger partial charge in [-0.15, -0.1) is 0 Å². The molecule has 0 fully saturated rings. The van der Waals surface area contributed by atoms with E-state index < -0.39 is 0 Å². The first-order valence-electron chi connectivity index (χ1n) is 20.7. The number of aromatic hydroxyl groups is 1. The number of nitrogens with zero attached hydrogens (tertiary/aromatic N) is 3. The van der Waals surface area contributed by atoms with Gasteiger partial charge in [0.15, 0.2) is 5.58 Å². The third-order valence-corrected chi connectivity index (χ3v) is 11.9. The van der Waals surface area contributed by atoms with Gasteiger partial charge in [0.2, 0.25) is 0 Å². The number of pyridine rings is 1. The standard InChI is InChI=1S/C56H41N3O2/c1-56(2,3)42-25-26-49(45(32-42)36-17-8-5-9-18-36)59-50-23-14-22-43(54(50)58-55(59)44-21-12-13-24-51(44)60)40-27-39(35-15-6-4-7-16-35)28-41(29-40)48-33-47-46-30-37-19-10-11-20-38(37)31-52(46)61-53(47)34-57-48/h4-34,60H,1-3H3. The van der Waals surface area contributed by atoms with Crippen molar-refractivity contribution in [3.8, 4) is 67.5 Å². The van der Waals surface area contributed by atoms with Crippen LogP contribution in [0.2, 0.25) is 0 Å². The minimum Gasteiger partial charge on any atom is -0.507 e. The van der Waals surface area contributed by atoms with Crippen LogP contribution in [-0.2, 0) is 5.41 Å². The average Bonchev–Trinajstić information content (AvgIpc) is 3.86. The van der Waals surface area contributed by atoms with Gasteiger partial charge < -0.3 is 9.52 Å². The van der Waals surface area contributed by atoms with Gasteiger partial charge in [-0.25, -0.2) is 4.98 Å². The summed E-state index contributed by atoms with van der Waals surface area (Å²) in [4.78, 5) is 10.5. The number of para-hydroxylation sites is 2. The van der Waals surface area contributed by atoms with Crippen molar-refractivity contribution in [2.24, 2.45) is 0 Å². The smallest absolute Gasteiger partial charge is 0.153 e. The van der Waals surface area contributed by atoms with Crippen LogP contribution in [0.4, 0.5) is 0 Å². The van der Waals surface area contributed by atoms with Crippen molar-refractivity contribution in [1.29, 1.82) is 0 Å². The van der Waals surface area contributed by atoms with E-state index in [-0.39, 0.29) is 11.2 Å². The molecule has 0 radical (unpaired) electrons. The van der Waals surface area contributed by atoms with E-state index in [2.05, 4.69) is 171 Å². The molecular weight excluding hydrogens is 747 g/mol. The van der Waals surface area contributed by atoms with Crippen molar-refractivity contribution in [1.82, 2.24) is 14.5 Å². The second-order valence-electron chi connectivity index (χ2n) is 16.8. The van der Waals surface area contributed by atoms with Gasteiger partial charge in [0.05, 0.1) is 34.2 Å². The van der Waals surface area contributed by atoms with E-state index >= 15 is 0 Å². The van der Waals surface area contributed by atoms with E-state index in [1.807, 2.05) is 36.5 Å². The second-order valence-corrected chi connectivity index (χ2v) is 16.8. The van der Waals surface area contributed by atoms with Gasteiger partial charge in [-0.3, -0.25) is 9.55 Å². The first-order chi connectivity index (χ1) is 29.8. The number of phenolic OH excluding ortho intramolecular Hbond substituents is 1. The normalized spacial score (nSPS) is 11.9. The maximum absolute atomic E-state index is 11.4. The summed E-state index contributed by atoms with van der Waals surface area (Å²) in [5.74, 6) is 0.829. The molecule has 292 valence electrons. The monoisotopic (exact) mass is 787 g/mol. The van der Waals surface area contributed by atoms with E-state index in [1.54, 1.807) is 6.07 Å². The molecule has 0 saturated heterocycles. The number of hydrogen-bond donors (Lipinski definition) is 1. The molecule has 5 nitrogen and oxygen atoms in total. The first kappa shape index (κ1) is 36.3. The maximum atomic E-state index is 11.4. The molecule has 0 atom stereocenters. The summed E-state index contributed by atoms with van der Waals surface area (Å²) in [6.45, 7) is 6.73. The van der Waals surface area contributed by atoms with Crippen LogP contribution in [-0.4, -0.2) is 19.6 Å². The van der Waals surface area contributed by atoms with Crippen molar-refractivity contribution < 1.29 is 9.52 Å². The number of hydrogen-bond acceptors (Lipinski definition) is 4. The molecule has 11 rings (SSSR count). The number of benzene rings is 8. The molecule has 5 heteroatoms. The molecule has 3 aromatic heterocycles. The highest BCUT2D eigenvalue weighted by Crippen LogP contribution is 2.43. The minimum absolute atomic E-state index is 0.0628. The SMILES string of the molecule is CC(C)(C)c1ccc(-n2c(-c3ccccc3O)nc3c(-c4cc(-c5ccccc5)cc(-c5cc6c(cn5)oc5cc7ccccc7cc56)c4)cccc32)c(-c2ccccc2)c1. The zero-order valence-electron chi connectivity index (χ0n) is 34.1. The Morgan fingerprint density at radius 2 is 1.16 bits per heavy atom. The van der Waals surface area contributed by atoms with Gasteiger partial charge in [-0.1, -0.05) is 136 Å². The highest BCUT2D eigenvalue weighted by Gasteiger charge is 2.24. The van der Waals surface area contributed by atoms with Crippen molar-refractivity contribution in [3.05, 3.63) is 194 Å². The summed E-state index contributed by atoms with van der Waals surface area (Å²) in [7, 11) is 0. The average molecular weight is 788 g/mol. The lowest BCUT2D eigenvalue weighted by molar-refractivity contribution is 0.477. The Hall–Kier alpha value is -7.76. The zero-order chi connectivity index (χ0) is 41.2. The number of aromatic nitrogens is 3. The zero-order valence-corrected chi connectivity index (χ0v) is 34.1. The van der Waals surface area contributed by atoms with Crippen LogP contribution in [0.1, 0.15) is 26.3 Å². The summed E-state index contributed by atoms with van der Waals surface area (Å²) in [6, 6.07) is 63.1. The van der Waals surface area contributed by atoms with Gasteiger partial charge in [0.25, 0.3) is 0 Å². The van der Waals surface area contributed by atoms with Gasteiger partial charge in [-0.2, -0.15) is 0 Å². The number of phenols is 1. The molecular formula is C56H41N3O2. The van der Waals surface area contributed by atoms with Crippen molar-refractivity contribution in [2.75, 3.05) is 0 Å². The van der Waals surface area contributed by atoms with E-state index in [9.17, 15) is 5.11 Å². The number of furan rings is 1. The number of fused-ring (bicyclic) bond motifs is 5. The third kappa shape index (κ3) is 6.34. The summed E-state index contributed by atoms with van der Waals surface area (Å²) in [5, 5.41) is 15.8. The Morgan fingerprint density at radius 1 is 0.508 bits per heavy atom. The largest absolute Gasteiger partial charge is 0.507 e. The minimum atomic E-state index is -0.0628. The fourth-order valence-corrected chi connectivity index (χ4v) is 8.72. The lowest BCUT2D eigenvalue weighted by Crippen LogP contribution is -2.12. The lowest BCUT2D eigenvalue weighted by atomic mass is 9.85. The molecule has 0 aliphatic carbocycles. The first-order valence-corrected chi connectivity index (χ1v) is 20.7. The molecule has 1 N–H and O–H groups in total. The van der Waals surface area contributed by atoms with Crippen LogP contribution in [0.25, 0.3) is 105 Å². The quantitative estimate of drug-likeness (QED) is 0.182. The van der Waals surface area contributed by atoms with Crippen molar-refractivity contribution in [3.63, 3.8) is 0 Å². The summed E-state index contributed by atoms with van der Waals surface area (Å²) >= 11 is 0. The van der Waals surface area contributed by atoms with Crippen LogP contribution in [0.5, 0.6) is 5.75 Å². The van der Waals surface area contributed by atoms with Crippen LogP contribution >= 0.6 is 0 Å². The van der Waals surface area contributed by atoms with Crippen LogP contribution in [0.3, 0.4) is 0 Å². The van der Waals surface area contributed by atoms with Crippen molar-refractivity contribution in [2.45, 2.75) is 26.2 Å². The number of rotatable bonds is 6. The molecule has 0 bridgehead atoms. The molecule has 0 aliphatic rings. The fourth-order valence-electron chi connectivity index (χ4n) is 8.72. The predicted molar refractivity (Wildman–Crippen MR) is 251 cm³/mol. The van der Waals surface area contributed by atoms with Crippen LogP contribution < -0.4 is 0 Å². The molecule has 0 spiro atoms. The Balaban J connectivity index is 1.16. The Bertz CT molecular complexity index is 3460. The lowest BCUT2D eigenvalue weighted by Gasteiger charge is -2.23. The Labute approximate surface area is 353 Å². The molecule has 0 aliphatic heterocycles. The molecule has 8 aromatic carbocycles. The molecule has 0 unspecified atom stereocenters. The molecule has 0 amide bonds. The molecule has 3 heterocycles. The highest BCUT2D eigenvalue weighted by molar-refractivity contribution is 6.10. The Morgan fingerprint density at radius 3 is 1.93 bits per heavy atom. The summed E-state index contributed by atoms with van der Waals surface area (Å²) in [6.07, 6.45) is 1.85. The van der Waals surface area contributed by atoms with E-state index in [0.717, 1.165) is 88.7 Å². The van der Waals surface area contributed by atoms with Crippen molar-refractivity contribution >= 4 is 43.7 Å². The Kier molecular flexibility index (Phi) is 8.46. The maximum Gasteiger partial charge on any atom is 0.153 e. The molecule has 61 heavy (non-hydrogen) atoms. The van der Waals surface area contributed by atoms with Gasteiger partial charge >= 0.3 is 0 Å². The van der Waals surface area contributed by atoms with Gasteiger partial charge in [-0.05, 0) is 111 Å².